The Kier molecular flexibility index (Phi) is 4.41. The van der Waals surface area contributed by atoms with E-state index in [1.54, 1.807) is 0 Å². The van der Waals surface area contributed by atoms with E-state index in [0.717, 1.165) is 24.4 Å². The van der Waals surface area contributed by atoms with E-state index in [9.17, 15) is 5.11 Å². The van der Waals surface area contributed by atoms with Crippen molar-refractivity contribution in [3.05, 3.63) is 35.4 Å². The van der Waals surface area contributed by atoms with Gasteiger partial charge in [0.25, 0.3) is 0 Å². The highest BCUT2D eigenvalue weighted by Crippen LogP contribution is 2.35. The Labute approximate surface area is 111 Å². The molecule has 1 aromatic carbocycles. The molecule has 100 valence electrons. The molecule has 18 heavy (non-hydrogen) atoms. The lowest BCUT2D eigenvalue weighted by atomic mass is 10.0. The van der Waals surface area contributed by atoms with Crippen LogP contribution in [-0.2, 0) is 6.42 Å². The van der Waals surface area contributed by atoms with Gasteiger partial charge in [-0.3, -0.25) is 0 Å². The van der Waals surface area contributed by atoms with Crippen LogP contribution in [0.2, 0.25) is 0 Å². The van der Waals surface area contributed by atoms with Crippen LogP contribution in [0.4, 0.5) is 0 Å². The lowest BCUT2D eigenvalue weighted by Gasteiger charge is -2.27. The fourth-order valence-electron chi connectivity index (χ4n) is 2.46. The number of rotatable bonds is 6. The van der Waals surface area contributed by atoms with E-state index in [-0.39, 0.29) is 6.10 Å². The van der Waals surface area contributed by atoms with E-state index in [4.69, 9.17) is 0 Å². The highest BCUT2D eigenvalue weighted by atomic mass is 16.3. The molecular formula is C16H25NO. The lowest BCUT2D eigenvalue weighted by molar-refractivity contribution is 0.103. The summed E-state index contributed by atoms with van der Waals surface area (Å²) in [7, 11) is 2.12. The molecular weight excluding hydrogens is 222 g/mol. The summed E-state index contributed by atoms with van der Waals surface area (Å²) in [5, 5.41) is 10.3. The monoisotopic (exact) mass is 247 g/mol. The zero-order valence-electron chi connectivity index (χ0n) is 11.8. The van der Waals surface area contributed by atoms with E-state index in [2.05, 4.69) is 50.1 Å². The summed E-state index contributed by atoms with van der Waals surface area (Å²) < 4.78 is 0. The minimum atomic E-state index is -0.373. The Hall–Kier alpha value is -0.860. The first-order valence-electron chi connectivity index (χ1n) is 7.09. The fraction of sp³-hybridized carbons (Fsp3) is 0.625. The van der Waals surface area contributed by atoms with Gasteiger partial charge in [-0.05, 0) is 50.3 Å². The van der Waals surface area contributed by atoms with Crippen molar-refractivity contribution in [2.24, 2.45) is 5.92 Å². The van der Waals surface area contributed by atoms with Crippen molar-refractivity contribution in [1.82, 2.24) is 4.90 Å². The third-order valence-electron chi connectivity index (χ3n) is 4.23. The molecule has 0 bridgehead atoms. The van der Waals surface area contributed by atoms with Gasteiger partial charge in [0, 0.05) is 12.6 Å². The quantitative estimate of drug-likeness (QED) is 0.835. The predicted octanol–water partition coefficient (Wildman–Crippen LogP) is 3.01. The molecule has 2 nitrogen and oxygen atoms in total. The molecule has 2 atom stereocenters. The first-order valence-corrected chi connectivity index (χ1v) is 7.09. The standard InChI is InChI=1S/C16H25NO/c1-4-13-5-7-15(8-6-13)16(18)11-17(3)12(2)14-9-10-14/h5-8,12,14,16,18H,4,9-11H2,1-3H3. The van der Waals surface area contributed by atoms with Gasteiger partial charge in [-0.1, -0.05) is 31.2 Å². The second kappa shape index (κ2) is 5.85. The van der Waals surface area contributed by atoms with Gasteiger partial charge in [-0.25, -0.2) is 0 Å². The zero-order valence-corrected chi connectivity index (χ0v) is 11.8. The van der Waals surface area contributed by atoms with Crippen LogP contribution in [0.3, 0.4) is 0 Å². The third-order valence-corrected chi connectivity index (χ3v) is 4.23. The van der Waals surface area contributed by atoms with Gasteiger partial charge in [0.1, 0.15) is 0 Å². The van der Waals surface area contributed by atoms with Gasteiger partial charge in [-0.2, -0.15) is 0 Å². The molecule has 1 aliphatic carbocycles. The lowest BCUT2D eigenvalue weighted by Crippen LogP contribution is -2.34. The third kappa shape index (κ3) is 3.33. The van der Waals surface area contributed by atoms with Crippen molar-refractivity contribution in [1.29, 1.82) is 0 Å². The number of aryl methyl sites for hydroxylation is 1. The Balaban J connectivity index is 1.91. The Morgan fingerprint density at radius 3 is 2.39 bits per heavy atom. The fourth-order valence-corrected chi connectivity index (χ4v) is 2.46. The number of aliphatic hydroxyl groups is 1. The summed E-state index contributed by atoms with van der Waals surface area (Å²) >= 11 is 0. The summed E-state index contributed by atoms with van der Waals surface area (Å²) in [4.78, 5) is 2.29. The number of likely N-dealkylation sites (N-methyl/N-ethyl adjacent to an activating group) is 1. The molecule has 0 aromatic heterocycles. The van der Waals surface area contributed by atoms with E-state index in [1.807, 2.05) is 0 Å². The normalized spacial score (nSPS) is 18.9. The SMILES string of the molecule is CCc1ccc(C(O)CN(C)C(C)C2CC2)cc1. The highest BCUT2D eigenvalue weighted by Gasteiger charge is 2.31. The number of nitrogens with zero attached hydrogens (tertiary/aromatic N) is 1. The van der Waals surface area contributed by atoms with Crippen LogP contribution in [0.25, 0.3) is 0 Å². The summed E-state index contributed by atoms with van der Waals surface area (Å²) in [5.74, 6) is 0.852. The van der Waals surface area contributed by atoms with Crippen LogP contribution in [0.15, 0.2) is 24.3 Å². The van der Waals surface area contributed by atoms with Crippen molar-refractivity contribution < 1.29 is 5.11 Å². The zero-order chi connectivity index (χ0) is 13.1. The van der Waals surface area contributed by atoms with E-state index in [1.165, 1.54) is 18.4 Å². The average molecular weight is 247 g/mol. The van der Waals surface area contributed by atoms with E-state index in [0.29, 0.717) is 6.04 Å². The molecule has 0 aliphatic heterocycles. The maximum Gasteiger partial charge on any atom is 0.0916 e. The highest BCUT2D eigenvalue weighted by molar-refractivity contribution is 5.24. The maximum atomic E-state index is 10.3. The molecule has 1 fully saturated rings. The molecule has 2 heteroatoms. The largest absolute Gasteiger partial charge is 0.387 e. The number of hydrogen-bond donors (Lipinski definition) is 1. The molecule has 0 radical (unpaired) electrons. The topological polar surface area (TPSA) is 23.5 Å². The van der Waals surface area contributed by atoms with Crippen molar-refractivity contribution in [2.75, 3.05) is 13.6 Å². The molecule has 0 saturated heterocycles. The molecule has 1 N–H and O–H groups in total. The minimum Gasteiger partial charge on any atom is -0.387 e. The summed E-state index contributed by atoms with van der Waals surface area (Å²) in [6.45, 7) is 5.14. The van der Waals surface area contributed by atoms with E-state index >= 15 is 0 Å². The molecule has 1 aromatic rings. The summed E-state index contributed by atoms with van der Waals surface area (Å²) in [6.07, 6.45) is 3.39. The molecule has 2 unspecified atom stereocenters. The van der Waals surface area contributed by atoms with Crippen LogP contribution in [0, 0.1) is 5.92 Å². The summed E-state index contributed by atoms with van der Waals surface area (Å²) in [5.41, 5.74) is 2.35. The van der Waals surface area contributed by atoms with Crippen LogP contribution in [0.5, 0.6) is 0 Å². The van der Waals surface area contributed by atoms with Gasteiger partial charge >= 0.3 is 0 Å². The van der Waals surface area contributed by atoms with Crippen molar-refractivity contribution in [3.63, 3.8) is 0 Å². The predicted molar refractivity (Wildman–Crippen MR) is 75.6 cm³/mol. The van der Waals surface area contributed by atoms with Gasteiger partial charge in [0.05, 0.1) is 6.10 Å². The Morgan fingerprint density at radius 1 is 1.28 bits per heavy atom. The number of aliphatic hydroxyl groups excluding tert-OH is 1. The molecule has 0 amide bonds. The molecule has 0 heterocycles. The Morgan fingerprint density at radius 2 is 1.89 bits per heavy atom. The minimum absolute atomic E-state index is 0.373. The first-order chi connectivity index (χ1) is 8.61. The maximum absolute atomic E-state index is 10.3. The van der Waals surface area contributed by atoms with Crippen LogP contribution in [-0.4, -0.2) is 29.6 Å². The van der Waals surface area contributed by atoms with Gasteiger partial charge in [0.15, 0.2) is 0 Å². The van der Waals surface area contributed by atoms with Crippen LogP contribution in [0.1, 0.15) is 43.9 Å². The number of benzene rings is 1. The van der Waals surface area contributed by atoms with Crippen molar-refractivity contribution in [3.8, 4) is 0 Å². The smallest absolute Gasteiger partial charge is 0.0916 e. The second-order valence-electron chi connectivity index (χ2n) is 5.63. The van der Waals surface area contributed by atoms with Gasteiger partial charge in [0.2, 0.25) is 0 Å². The molecule has 2 rings (SSSR count). The number of hydrogen-bond acceptors (Lipinski definition) is 2. The van der Waals surface area contributed by atoms with Crippen molar-refractivity contribution >= 4 is 0 Å². The van der Waals surface area contributed by atoms with Gasteiger partial charge in [-0.15, -0.1) is 0 Å². The van der Waals surface area contributed by atoms with Gasteiger partial charge < -0.3 is 10.0 Å². The average Bonchev–Trinajstić information content (AvgIpc) is 3.22. The van der Waals surface area contributed by atoms with Crippen LogP contribution < -0.4 is 0 Å². The van der Waals surface area contributed by atoms with Crippen LogP contribution >= 0.6 is 0 Å². The Bertz CT molecular complexity index is 369. The molecule has 1 saturated carbocycles. The summed E-state index contributed by atoms with van der Waals surface area (Å²) in [6, 6.07) is 8.93. The second-order valence-corrected chi connectivity index (χ2v) is 5.63. The van der Waals surface area contributed by atoms with Crippen molar-refractivity contribution in [2.45, 2.75) is 45.3 Å². The molecule has 0 spiro atoms. The first kappa shape index (κ1) is 13.6. The van der Waals surface area contributed by atoms with E-state index < -0.39 is 0 Å². The molecule has 1 aliphatic rings.